The summed E-state index contributed by atoms with van der Waals surface area (Å²) in [5.41, 5.74) is 5.56. The van der Waals surface area contributed by atoms with Crippen molar-refractivity contribution < 1.29 is 9.53 Å². The number of carbonyl (C=O) groups excluding carboxylic acids is 1. The van der Waals surface area contributed by atoms with Crippen molar-refractivity contribution in [1.29, 1.82) is 0 Å². The van der Waals surface area contributed by atoms with Crippen LogP contribution in [0, 0.1) is 5.41 Å². The maximum absolute atomic E-state index is 12.5. The second-order valence-electron chi connectivity index (χ2n) is 5.13. The van der Waals surface area contributed by atoms with Gasteiger partial charge in [0.15, 0.2) is 0 Å². The maximum Gasteiger partial charge on any atom is 0.230 e. The van der Waals surface area contributed by atoms with Crippen molar-refractivity contribution in [3.63, 3.8) is 0 Å². The second kappa shape index (κ2) is 4.72. The Bertz CT molecular complexity index is 256. The van der Waals surface area contributed by atoms with E-state index in [2.05, 4.69) is 0 Å². The van der Waals surface area contributed by atoms with Crippen molar-refractivity contribution >= 4 is 5.91 Å². The zero-order valence-corrected chi connectivity index (χ0v) is 10.1. The lowest BCUT2D eigenvalue weighted by atomic mass is 9.84. The first-order chi connectivity index (χ1) is 7.69. The lowest BCUT2D eigenvalue weighted by molar-refractivity contribution is -0.142. The normalized spacial score (nSPS) is 28.2. The number of carbonyl (C=O) groups is 1. The highest BCUT2D eigenvalue weighted by Gasteiger charge is 2.43. The molecule has 0 aromatic carbocycles. The molecule has 1 atom stereocenters. The lowest BCUT2D eigenvalue weighted by Gasteiger charge is -2.34. The Morgan fingerprint density at radius 1 is 1.50 bits per heavy atom. The molecule has 92 valence electrons. The fourth-order valence-electron chi connectivity index (χ4n) is 2.92. The van der Waals surface area contributed by atoms with Gasteiger partial charge in [0.1, 0.15) is 0 Å². The summed E-state index contributed by atoms with van der Waals surface area (Å²) in [6.07, 6.45) is 5.15. The summed E-state index contributed by atoms with van der Waals surface area (Å²) in [5.74, 6) is 0.239. The zero-order chi connectivity index (χ0) is 11.6. The molecular formula is C12H22N2O2. The van der Waals surface area contributed by atoms with Crippen LogP contribution in [0.25, 0.3) is 0 Å². The summed E-state index contributed by atoms with van der Waals surface area (Å²) < 4.78 is 5.33. The van der Waals surface area contributed by atoms with Crippen LogP contribution in [-0.4, -0.2) is 43.7 Å². The summed E-state index contributed by atoms with van der Waals surface area (Å²) in [5, 5.41) is 0. The number of nitrogens with two attached hydrogens (primary N) is 1. The Balaban J connectivity index is 2.04. The molecule has 16 heavy (non-hydrogen) atoms. The molecule has 4 nitrogen and oxygen atoms in total. The molecule has 1 saturated carbocycles. The van der Waals surface area contributed by atoms with E-state index in [1.165, 1.54) is 0 Å². The molecular weight excluding hydrogens is 204 g/mol. The molecule has 1 heterocycles. The molecule has 1 amide bonds. The number of ether oxygens (including phenoxy) is 1. The van der Waals surface area contributed by atoms with Crippen LogP contribution >= 0.6 is 0 Å². The SMILES string of the molecule is CN(C(=O)C1(CN)CCCC1)C1CCOC1. The van der Waals surface area contributed by atoms with E-state index in [0.717, 1.165) is 38.7 Å². The van der Waals surface area contributed by atoms with E-state index in [1.807, 2.05) is 11.9 Å². The van der Waals surface area contributed by atoms with E-state index < -0.39 is 0 Å². The van der Waals surface area contributed by atoms with Crippen molar-refractivity contribution in [2.45, 2.75) is 38.1 Å². The summed E-state index contributed by atoms with van der Waals surface area (Å²) in [7, 11) is 1.90. The van der Waals surface area contributed by atoms with Gasteiger partial charge >= 0.3 is 0 Å². The maximum atomic E-state index is 12.5. The Labute approximate surface area is 97.1 Å². The van der Waals surface area contributed by atoms with Crippen molar-refractivity contribution in [2.24, 2.45) is 11.1 Å². The minimum Gasteiger partial charge on any atom is -0.379 e. The second-order valence-corrected chi connectivity index (χ2v) is 5.13. The van der Waals surface area contributed by atoms with Crippen LogP contribution in [0.2, 0.25) is 0 Å². The number of nitrogens with zero attached hydrogens (tertiary/aromatic N) is 1. The fraction of sp³-hybridized carbons (Fsp3) is 0.917. The predicted octanol–water partition coefficient (Wildman–Crippen LogP) is 0.753. The number of likely N-dealkylation sites (N-methyl/N-ethyl adjacent to an activating group) is 1. The number of amides is 1. The van der Waals surface area contributed by atoms with Crippen LogP contribution in [0.4, 0.5) is 0 Å². The average molecular weight is 226 g/mol. The molecule has 0 bridgehead atoms. The Morgan fingerprint density at radius 3 is 2.69 bits per heavy atom. The van der Waals surface area contributed by atoms with Gasteiger partial charge < -0.3 is 15.4 Å². The van der Waals surface area contributed by atoms with E-state index in [-0.39, 0.29) is 17.4 Å². The monoisotopic (exact) mass is 226 g/mol. The van der Waals surface area contributed by atoms with Crippen molar-refractivity contribution in [3.05, 3.63) is 0 Å². The molecule has 0 spiro atoms. The predicted molar refractivity (Wildman–Crippen MR) is 61.9 cm³/mol. The van der Waals surface area contributed by atoms with Crippen molar-refractivity contribution in [1.82, 2.24) is 4.90 Å². The number of hydrogen-bond acceptors (Lipinski definition) is 3. The molecule has 1 aliphatic carbocycles. The third kappa shape index (κ3) is 1.96. The van der Waals surface area contributed by atoms with Gasteiger partial charge in [-0.2, -0.15) is 0 Å². The van der Waals surface area contributed by atoms with Crippen LogP contribution in [0.3, 0.4) is 0 Å². The van der Waals surface area contributed by atoms with Crippen LogP contribution in [-0.2, 0) is 9.53 Å². The van der Waals surface area contributed by atoms with Crippen LogP contribution in [0.5, 0.6) is 0 Å². The molecule has 2 aliphatic rings. The quantitative estimate of drug-likeness (QED) is 0.772. The Morgan fingerprint density at radius 2 is 2.19 bits per heavy atom. The smallest absolute Gasteiger partial charge is 0.230 e. The first-order valence-corrected chi connectivity index (χ1v) is 6.25. The topological polar surface area (TPSA) is 55.6 Å². The van der Waals surface area contributed by atoms with E-state index in [4.69, 9.17) is 10.5 Å². The molecule has 0 radical (unpaired) electrons. The summed E-state index contributed by atoms with van der Waals surface area (Å²) >= 11 is 0. The van der Waals surface area contributed by atoms with Crippen LogP contribution in [0.1, 0.15) is 32.1 Å². The molecule has 1 saturated heterocycles. The largest absolute Gasteiger partial charge is 0.379 e. The van der Waals surface area contributed by atoms with Gasteiger partial charge in [0.25, 0.3) is 0 Å². The number of hydrogen-bond donors (Lipinski definition) is 1. The van der Waals surface area contributed by atoms with Gasteiger partial charge in [-0.05, 0) is 19.3 Å². The van der Waals surface area contributed by atoms with Crippen LogP contribution in [0.15, 0.2) is 0 Å². The molecule has 4 heteroatoms. The lowest BCUT2D eigenvalue weighted by Crippen LogP contribution is -2.49. The minimum absolute atomic E-state index is 0.239. The van der Waals surface area contributed by atoms with E-state index in [1.54, 1.807) is 0 Å². The Hall–Kier alpha value is -0.610. The van der Waals surface area contributed by atoms with Gasteiger partial charge in [-0.3, -0.25) is 4.79 Å². The highest BCUT2D eigenvalue weighted by molar-refractivity contribution is 5.83. The van der Waals surface area contributed by atoms with Gasteiger partial charge in [0.2, 0.25) is 5.91 Å². The van der Waals surface area contributed by atoms with E-state index >= 15 is 0 Å². The standard InChI is InChI=1S/C12H22N2O2/c1-14(10-4-7-16-8-10)11(15)12(9-13)5-2-3-6-12/h10H,2-9,13H2,1H3. The molecule has 0 aromatic heterocycles. The van der Waals surface area contributed by atoms with E-state index in [9.17, 15) is 4.79 Å². The van der Waals surface area contributed by atoms with Gasteiger partial charge in [-0.25, -0.2) is 0 Å². The summed E-state index contributed by atoms with van der Waals surface area (Å²) in [4.78, 5) is 14.4. The minimum atomic E-state index is -0.267. The number of rotatable bonds is 3. The van der Waals surface area contributed by atoms with E-state index in [0.29, 0.717) is 13.2 Å². The van der Waals surface area contributed by atoms with Crippen molar-refractivity contribution in [2.75, 3.05) is 26.8 Å². The highest BCUT2D eigenvalue weighted by Crippen LogP contribution is 2.39. The van der Waals surface area contributed by atoms with Gasteiger partial charge in [-0.15, -0.1) is 0 Å². The molecule has 2 fully saturated rings. The first-order valence-electron chi connectivity index (χ1n) is 6.25. The molecule has 2 rings (SSSR count). The zero-order valence-electron chi connectivity index (χ0n) is 10.1. The molecule has 1 unspecified atom stereocenters. The summed E-state index contributed by atoms with van der Waals surface area (Å²) in [6, 6.07) is 0.261. The molecule has 1 aliphatic heterocycles. The average Bonchev–Trinajstić information content (AvgIpc) is 2.98. The van der Waals surface area contributed by atoms with Gasteiger partial charge in [0, 0.05) is 20.2 Å². The first kappa shape index (κ1) is 11.9. The summed E-state index contributed by atoms with van der Waals surface area (Å²) in [6.45, 7) is 1.95. The third-order valence-corrected chi connectivity index (χ3v) is 4.18. The third-order valence-electron chi connectivity index (χ3n) is 4.18. The Kier molecular flexibility index (Phi) is 3.50. The van der Waals surface area contributed by atoms with Gasteiger partial charge in [-0.1, -0.05) is 12.8 Å². The fourth-order valence-corrected chi connectivity index (χ4v) is 2.92. The molecule has 0 aromatic rings. The molecule has 2 N–H and O–H groups in total. The van der Waals surface area contributed by atoms with Gasteiger partial charge in [0.05, 0.1) is 18.1 Å². The highest BCUT2D eigenvalue weighted by atomic mass is 16.5. The van der Waals surface area contributed by atoms with Crippen molar-refractivity contribution in [3.8, 4) is 0 Å². The van der Waals surface area contributed by atoms with Crippen LogP contribution < -0.4 is 5.73 Å².